The van der Waals surface area contributed by atoms with Gasteiger partial charge in [0, 0.05) is 17.9 Å². The van der Waals surface area contributed by atoms with E-state index in [9.17, 15) is 14.7 Å². The van der Waals surface area contributed by atoms with Gasteiger partial charge in [0.05, 0.1) is 0 Å². The molecule has 0 saturated heterocycles. The lowest BCUT2D eigenvalue weighted by atomic mass is 10.1. The van der Waals surface area contributed by atoms with Gasteiger partial charge in [-0.05, 0) is 19.6 Å². The molecule has 12 heteroatoms. The molecule has 0 fully saturated rings. The van der Waals surface area contributed by atoms with Crippen molar-refractivity contribution in [1.29, 1.82) is 0 Å². The number of carbonyl (C=O) groups is 1. The number of thioether (sulfide) groups is 1. The van der Waals surface area contributed by atoms with Gasteiger partial charge in [-0.2, -0.15) is 12.6 Å². The summed E-state index contributed by atoms with van der Waals surface area (Å²) in [6.45, 7) is 3.28. The van der Waals surface area contributed by atoms with Crippen molar-refractivity contribution < 1.29 is 9.90 Å². The Morgan fingerprint density at radius 3 is 2.76 bits per heavy atom. The molecule has 0 aliphatic carbocycles. The van der Waals surface area contributed by atoms with E-state index in [0.717, 1.165) is 14.7 Å². The number of hydrogen-bond donors (Lipinski definition) is 3. The third-order valence-electron chi connectivity index (χ3n) is 3.17. The molecule has 2 rings (SSSR count). The monoisotopic (exact) mass is 400 g/mol. The SMILES string of the molecule is CCn1c(O)c(/N=N/c2nnc(SCCS)s2)c(C)c(C(N)=O)c1=O. The van der Waals surface area contributed by atoms with Crippen molar-refractivity contribution in [3.8, 4) is 5.88 Å². The van der Waals surface area contributed by atoms with Gasteiger partial charge in [-0.25, -0.2) is 0 Å². The fourth-order valence-electron chi connectivity index (χ4n) is 2.04. The molecule has 0 atom stereocenters. The Morgan fingerprint density at radius 1 is 1.44 bits per heavy atom. The highest BCUT2D eigenvalue weighted by Gasteiger charge is 2.21. The van der Waals surface area contributed by atoms with Gasteiger partial charge in [-0.1, -0.05) is 23.1 Å². The van der Waals surface area contributed by atoms with Crippen molar-refractivity contribution in [3.63, 3.8) is 0 Å². The molecule has 25 heavy (non-hydrogen) atoms. The second kappa shape index (κ2) is 8.45. The van der Waals surface area contributed by atoms with Gasteiger partial charge in [0.2, 0.25) is 5.88 Å². The topological polar surface area (TPSA) is 136 Å². The highest BCUT2D eigenvalue weighted by Crippen LogP contribution is 2.33. The Kier molecular flexibility index (Phi) is 6.56. The highest BCUT2D eigenvalue weighted by atomic mass is 32.2. The number of thiol groups is 1. The van der Waals surface area contributed by atoms with Gasteiger partial charge in [0.25, 0.3) is 16.6 Å². The van der Waals surface area contributed by atoms with E-state index in [1.807, 2.05) is 0 Å². The summed E-state index contributed by atoms with van der Waals surface area (Å²) in [4.78, 5) is 23.8. The van der Waals surface area contributed by atoms with Crippen LogP contribution in [0.4, 0.5) is 10.8 Å². The summed E-state index contributed by atoms with van der Waals surface area (Å²) in [6.07, 6.45) is 0. The summed E-state index contributed by atoms with van der Waals surface area (Å²) in [7, 11) is 0. The first-order valence-corrected chi connectivity index (χ1v) is 9.59. The van der Waals surface area contributed by atoms with Gasteiger partial charge >= 0.3 is 0 Å². The van der Waals surface area contributed by atoms with E-state index < -0.39 is 11.5 Å². The van der Waals surface area contributed by atoms with Crippen LogP contribution < -0.4 is 11.3 Å². The van der Waals surface area contributed by atoms with Crippen LogP contribution in [0.5, 0.6) is 5.88 Å². The van der Waals surface area contributed by atoms with Gasteiger partial charge < -0.3 is 10.8 Å². The van der Waals surface area contributed by atoms with Gasteiger partial charge in [0.1, 0.15) is 11.3 Å². The molecule has 0 unspecified atom stereocenters. The number of azo groups is 1. The minimum absolute atomic E-state index is 0.00462. The Labute approximate surface area is 156 Å². The zero-order valence-electron chi connectivity index (χ0n) is 13.5. The molecule has 9 nitrogen and oxygen atoms in total. The molecule has 2 heterocycles. The third-order valence-corrected chi connectivity index (χ3v) is 5.64. The normalized spacial score (nSPS) is 11.3. The minimum atomic E-state index is -0.887. The summed E-state index contributed by atoms with van der Waals surface area (Å²) in [5.41, 5.74) is 4.55. The summed E-state index contributed by atoms with van der Waals surface area (Å²) < 4.78 is 1.73. The lowest BCUT2D eigenvalue weighted by molar-refractivity contribution is 0.0997. The van der Waals surface area contributed by atoms with Crippen LogP contribution in [0.15, 0.2) is 19.4 Å². The second-order valence-corrected chi connectivity index (χ2v) is 7.45. The average Bonchev–Trinajstić information content (AvgIpc) is 3.00. The Bertz CT molecular complexity index is 877. The van der Waals surface area contributed by atoms with Crippen LogP contribution in [0.1, 0.15) is 22.8 Å². The number of carbonyl (C=O) groups excluding carboxylic acids is 1. The van der Waals surface area contributed by atoms with Crippen molar-refractivity contribution >= 4 is 52.5 Å². The van der Waals surface area contributed by atoms with E-state index in [0.29, 0.717) is 5.75 Å². The van der Waals surface area contributed by atoms with Crippen LogP contribution in [0, 0.1) is 6.92 Å². The minimum Gasteiger partial charge on any atom is -0.493 e. The van der Waals surface area contributed by atoms with Crippen LogP contribution in [0.3, 0.4) is 0 Å². The van der Waals surface area contributed by atoms with Crippen LogP contribution in [0.2, 0.25) is 0 Å². The number of amides is 1. The van der Waals surface area contributed by atoms with Crippen molar-refractivity contribution in [3.05, 3.63) is 21.5 Å². The van der Waals surface area contributed by atoms with Gasteiger partial charge in [-0.15, -0.1) is 20.4 Å². The lowest BCUT2D eigenvalue weighted by Crippen LogP contribution is -2.30. The lowest BCUT2D eigenvalue weighted by Gasteiger charge is -2.12. The summed E-state index contributed by atoms with van der Waals surface area (Å²) in [5.74, 6) is 0.233. The van der Waals surface area contributed by atoms with Crippen molar-refractivity contribution in [2.24, 2.45) is 16.0 Å². The molecule has 1 amide bonds. The number of aromatic nitrogens is 3. The number of nitrogens with zero attached hydrogens (tertiary/aromatic N) is 5. The third kappa shape index (κ3) is 4.19. The first-order valence-electron chi connectivity index (χ1n) is 7.15. The van der Waals surface area contributed by atoms with Gasteiger partial charge in [-0.3, -0.25) is 14.2 Å². The molecule has 3 N–H and O–H groups in total. The van der Waals surface area contributed by atoms with Crippen LogP contribution in [-0.4, -0.2) is 37.3 Å². The smallest absolute Gasteiger partial charge is 0.266 e. The summed E-state index contributed by atoms with van der Waals surface area (Å²) in [6, 6.07) is 0. The molecule has 0 aromatic carbocycles. The van der Waals surface area contributed by atoms with Crippen molar-refractivity contribution in [2.45, 2.75) is 24.7 Å². The number of rotatable bonds is 7. The zero-order chi connectivity index (χ0) is 18.6. The average molecular weight is 401 g/mol. The van der Waals surface area contributed by atoms with E-state index >= 15 is 0 Å². The maximum absolute atomic E-state index is 12.2. The maximum atomic E-state index is 12.2. The predicted octanol–water partition coefficient (Wildman–Crippen LogP) is 2.27. The standard InChI is InChI=1S/C13H16N6O3S3/c1-3-19-10(21)7(9(14)20)6(2)8(11(19)22)15-16-12-17-18-13(25-12)24-5-4-23/h22-23H,3-5H2,1-2H3,(H2,14,20)/b16-15+. The first-order chi connectivity index (χ1) is 11.9. The van der Waals surface area contributed by atoms with E-state index in [2.05, 4.69) is 33.1 Å². The van der Waals surface area contributed by atoms with E-state index in [4.69, 9.17) is 5.73 Å². The Hall–Kier alpha value is -1.92. The van der Waals surface area contributed by atoms with Crippen LogP contribution >= 0.6 is 35.7 Å². The fourth-order valence-corrected chi connectivity index (χ4v) is 3.78. The summed E-state index contributed by atoms with van der Waals surface area (Å²) in [5, 5.41) is 26.3. The largest absolute Gasteiger partial charge is 0.493 e. The molecule has 0 bridgehead atoms. The summed E-state index contributed by atoms with van der Waals surface area (Å²) >= 11 is 6.85. The number of hydrogen-bond acceptors (Lipinski definition) is 10. The molecule has 134 valence electrons. The number of aromatic hydroxyl groups is 1. The molecule has 0 aliphatic rings. The predicted molar refractivity (Wildman–Crippen MR) is 100.0 cm³/mol. The van der Waals surface area contributed by atoms with E-state index in [1.54, 1.807) is 6.92 Å². The molecule has 2 aromatic heterocycles. The Balaban J connectivity index is 2.45. The van der Waals surface area contributed by atoms with Crippen molar-refractivity contribution in [2.75, 3.05) is 11.5 Å². The van der Waals surface area contributed by atoms with Crippen molar-refractivity contribution in [1.82, 2.24) is 14.8 Å². The van der Waals surface area contributed by atoms with Gasteiger partial charge in [0.15, 0.2) is 4.34 Å². The number of nitrogens with two attached hydrogens (primary N) is 1. The quantitative estimate of drug-likeness (QED) is 0.370. The molecular weight excluding hydrogens is 384 g/mol. The molecule has 0 saturated carbocycles. The first kappa shape index (κ1) is 19.4. The maximum Gasteiger partial charge on any atom is 0.266 e. The molecular formula is C13H16N6O3S3. The Morgan fingerprint density at radius 2 is 2.16 bits per heavy atom. The van der Waals surface area contributed by atoms with Crippen LogP contribution in [0.25, 0.3) is 0 Å². The second-order valence-electron chi connectivity index (χ2n) is 4.71. The molecule has 2 aromatic rings. The van der Waals surface area contributed by atoms with Crippen LogP contribution in [-0.2, 0) is 6.54 Å². The fraction of sp³-hybridized carbons (Fsp3) is 0.385. The molecule has 0 radical (unpaired) electrons. The number of pyridine rings is 1. The molecule has 0 spiro atoms. The molecule has 0 aliphatic heterocycles. The number of primary amides is 1. The van der Waals surface area contributed by atoms with E-state index in [-0.39, 0.29) is 34.4 Å². The highest BCUT2D eigenvalue weighted by molar-refractivity contribution is 8.01. The van der Waals surface area contributed by atoms with E-state index in [1.165, 1.54) is 30.0 Å². The zero-order valence-corrected chi connectivity index (χ0v) is 16.0.